The van der Waals surface area contributed by atoms with Crippen molar-refractivity contribution in [2.75, 3.05) is 5.32 Å². The van der Waals surface area contributed by atoms with E-state index in [0.717, 1.165) is 16.8 Å². The van der Waals surface area contributed by atoms with Crippen molar-refractivity contribution >= 4 is 35.6 Å². The number of aliphatic imine (C=N–C) groups is 1. The molecule has 0 aliphatic heterocycles. The molecule has 0 unspecified atom stereocenters. The second-order valence-corrected chi connectivity index (χ2v) is 6.48. The first-order valence-electron chi connectivity index (χ1n) is 8.85. The average Bonchev–Trinajstić information content (AvgIpc) is 2.65. The molecule has 0 saturated heterocycles. The molecule has 0 aliphatic carbocycles. The fourth-order valence-corrected chi connectivity index (χ4v) is 2.77. The van der Waals surface area contributed by atoms with Gasteiger partial charge in [-0.15, -0.1) is 24.0 Å². The molecule has 0 fully saturated rings. The number of anilines is 1. The SMILES string of the molecule is Cc1cc(C)cc(NC(N)=NCc2ccnc(OCc3ccccc3)c2)c1.I. The number of halogens is 1. The molecule has 3 aromatic rings. The van der Waals surface area contributed by atoms with Gasteiger partial charge >= 0.3 is 0 Å². The monoisotopic (exact) mass is 488 g/mol. The Bertz CT molecular complexity index is 909. The van der Waals surface area contributed by atoms with Crippen molar-refractivity contribution in [3.63, 3.8) is 0 Å². The normalized spacial score (nSPS) is 10.9. The number of aryl methyl sites for hydroxylation is 2. The molecule has 2 aromatic carbocycles. The van der Waals surface area contributed by atoms with E-state index in [1.807, 2.05) is 54.6 Å². The molecule has 146 valence electrons. The van der Waals surface area contributed by atoms with Crippen LogP contribution in [0.5, 0.6) is 5.88 Å². The van der Waals surface area contributed by atoms with Gasteiger partial charge in [-0.05, 0) is 54.3 Å². The molecule has 0 saturated carbocycles. The van der Waals surface area contributed by atoms with Gasteiger partial charge in [-0.3, -0.25) is 0 Å². The van der Waals surface area contributed by atoms with Crippen LogP contribution in [0.15, 0.2) is 71.9 Å². The summed E-state index contributed by atoms with van der Waals surface area (Å²) in [6.45, 7) is 5.05. The first-order valence-corrected chi connectivity index (χ1v) is 8.85. The molecule has 0 amide bonds. The Morgan fingerprint density at radius 2 is 1.71 bits per heavy atom. The molecular formula is C22H25IN4O. The molecule has 1 aromatic heterocycles. The van der Waals surface area contributed by atoms with Crippen molar-refractivity contribution in [3.8, 4) is 5.88 Å². The van der Waals surface area contributed by atoms with E-state index in [2.05, 4.69) is 35.2 Å². The lowest BCUT2D eigenvalue weighted by molar-refractivity contribution is 0.293. The van der Waals surface area contributed by atoms with E-state index in [1.165, 1.54) is 11.1 Å². The van der Waals surface area contributed by atoms with E-state index in [9.17, 15) is 0 Å². The minimum atomic E-state index is 0. The van der Waals surface area contributed by atoms with E-state index >= 15 is 0 Å². The summed E-state index contributed by atoms with van der Waals surface area (Å²) in [5.74, 6) is 0.955. The maximum Gasteiger partial charge on any atom is 0.213 e. The third kappa shape index (κ3) is 6.84. The summed E-state index contributed by atoms with van der Waals surface area (Å²) in [4.78, 5) is 8.66. The zero-order valence-corrected chi connectivity index (χ0v) is 18.4. The number of nitrogens with two attached hydrogens (primary N) is 1. The van der Waals surface area contributed by atoms with Crippen LogP contribution in [0.4, 0.5) is 5.69 Å². The lowest BCUT2D eigenvalue weighted by atomic mass is 10.1. The largest absolute Gasteiger partial charge is 0.473 e. The molecule has 28 heavy (non-hydrogen) atoms. The fraction of sp³-hybridized carbons (Fsp3) is 0.182. The van der Waals surface area contributed by atoms with Gasteiger partial charge in [0.15, 0.2) is 5.96 Å². The van der Waals surface area contributed by atoms with Gasteiger partial charge in [-0.25, -0.2) is 9.98 Å². The number of guanidine groups is 1. The molecule has 6 heteroatoms. The van der Waals surface area contributed by atoms with Gasteiger partial charge in [0, 0.05) is 18.0 Å². The Morgan fingerprint density at radius 1 is 1.00 bits per heavy atom. The first-order chi connectivity index (χ1) is 13.1. The number of rotatable bonds is 6. The van der Waals surface area contributed by atoms with E-state index < -0.39 is 0 Å². The van der Waals surface area contributed by atoms with Crippen LogP contribution in [0.2, 0.25) is 0 Å². The van der Waals surface area contributed by atoms with Crippen molar-refractivity contribution in [1.29, 1.82) is 0 Å². The van der Waals surface area contributed by atoms with Crippen LogP contribution in [0.25, 0.3) is 0 Å². The van der Waals surface area contributed by atoms with Gasteiger partial charge in [0.2, 0.25) is 5.88 Å². The molecule has 0 spiro atoms. The van der Waals surface area contributed by atoms with Crippen molar-refractivity contribution < 1.29 is 4.74 Å². The summed E-state index contributed by atoms with van der Waals surface area (Å²) >= 11 is 0. The van der Waals surface area contributed by atoms with Crippen molar-refractivity contribution in [1.82, 2.24) is 4.98 Å². The van der Waals surface area contributed by atoms with Gasteiger partial charge in [0.25, 0.3) is 0 Å². The van der Waals surface area contributed by atoms with E-state index in [-0.39, 0.29) is 24.0 Å². The molecule has 0 aliphatic rings. The Balaban J connectivity index is 0.00000280. The molecule has 0 bridgehead atoms. The predicted molar refractivity (Wildman–Crippen MR) is 125 cm³/mol. The number of nitrogens with zero attached hydrogens (tertiary/aromatic N) is 2. The van der Waals surface area contributed by atoms with Gasteiger partial charge in [0.05, 0.1) is 6.54 Å². The minimum absolute atomic E-state index is 0. The van der Waals surface area contributed by atoms with Crippen LogP contribution >= 0.6 is 24.0 Å². The lowest BCUT2D eigenvalue weighted by Gasteiger charge is -2.09. The number of pyridine rings is 1. The Hall–Kier alpha value is -2.61. The van der Waals surface area contributed by atoms with E-state index in [0.29, 0.717) is 25.0 Å². The zero-order chi connectivity index (χ0) is 19.1. The Labute approximate surface area is 183 Å². The number of nitrogens with one attached hydrogen (secondary N) is 1. The molecule has 5 nitrogen and oxygen atoms in total. The lowest BCUT2D eigenvalue weighted by Crippen LogP contribution is -2.22. The van der Waals surface area contributed by atoms with Crippen LogP contribution < -0.4 is 15.8 Å². The summed E-state index contributed by atoms with van der Waals surface area (Å²) in [6.07, 6.45) is 1.72. The second-order valence-electron chi connectivity index (χ2n) is 6.48. The van der Waals surface area contributed by atoms with Gasteiger partial charge in [-0.1, -0.05) is 36.4 Å². The Morgan fingerprint density at radius 3 is 2.43 bits per heavy atom. The minimum Gasteiger partial charge on any atom is -0.473 e. The van der Waals surface area contributed by atoms with E-state index in [4.69, 9.17) is 10.5 Å². The summed E-state index contributed by atoms with van der Waals surface area (Å²) in [5.41, 5.74) is 11.4. The highest BCUT2D eigenvalue weighted by molar-refractivity contribution is 14.0. The highest BCUT2D eigenvalue weighted by Crippen LogP contribution is 2.14. The molecule has 3 rings (SSSR count). The predicted octanol–water partition coefficient (Wildman–Crippen LogP) is 4.82. The van der Waals surface area contributed by atoms with Crippen molar-refractivity contribution in [3.05, 3.63) is 89.1 Å². The fourth-order valence-electron chi connectivity index (χ4n) is 2.77. The number of hydrogen-bond donors (Lipinski definition) is 2. The molecule has 3 N–H and O–H groups in total. The van der Waals surface area contributed by atoms with Crippen LogP contribution in [0.3, 0.4) is 0 Å². The van der Waals surface area contributed by atoms with Crippen LogP contribution in [0.1, 0.15) is 22.3 Å². The second kappa shape index (κ2) is 10.7. The number of ether oxygens (including phenoxy) is 1. The number of hydrogen-bond acceptors (Lipinski definition) is 3. The first kappa shape index (κ1) is 21.7. The van der Waals surface area contributed by atoms with E-state index in [1.54, 1.807) is 6.20 Å². The summed E-state index contributed by atoms with van der Waals surface area (Å²) in [7, 11) is 0. The highest BCUT2D eigenvalue weighted by atomic mass is 127. The smallest absolute Gasteiger partial charge is 0.213 e. The maximum atomic E-state index is 6.02. The topological polar surface area (TPSA) is 72.5 Å². The zero-order valence-electron chi connectivity index (χ0n) is 16.1. The summed E-state index contributed by atoms with van der Waals surface area (Å²) < 4.78 is 5.76. The molecule has 1 heterocycles. The van der Waals surface area contributed by atoms with Gasteiger partial charge in [0.1, 0.15) is 6.61 Å². The molecular weight excluding hydrogens is 463 g/mol. The summed E-state index contributed by atoms with van der Waals surface area (Å²) in [5, 5.41) is 3.14. The van der Waals surface area contributed by atoms with Crippen molar-refractivity contribution in [2.45, 2.75) is 27.0 Å². The quantitative estimate of drug-likeness (QED) is 0.297. The van der Waals surface area contributed by atoms with Gasteiger partial charge in [-0.2, -0.15) is 0 Å². The third-order valence-electron chi connectivity index (χ3n) is 3.95. The maximum absolute atomic E-state index is 6.02. The number of aromatic nitrogens is 1. The number of benzene rings is 2. The standard InChI is InChI=1S/C22H24N4O.HI/c1-16-10-17(2)12-20(11-16)26-22(23)25-14-19-8-9-24-21(13-19)27-15-18-6-4-3-5-7-18;/h3-13H,14-15H2,1-2H3,(H3,23,25,26);1H. The van der Waals surface area contributed by atoms with Crippen LogP contribution in [-0.2, 0) is 13.2 Å². The summed E-state index contributed by atoms with van der Waals surface area (Å²) in [6, 6.07) is 20.0. The van der Waals surface area contributed by atoms with Gasteiger partial charge < -0.3 is 15.8 Å². The molecule has 0 radical (unpaired) electrons. The average molecular weight is 488 g/mol. The molecule has 0 atom stereocenters. The van der Waals surface area contributed by atoms with Crippen LogP contribution in [-0.4, -0.2) is 10.9 Å². The van der Waals surface area contributed by atoms with Crippen LogP contribution in [0, 0.1) is 13.8 Å². The van der Waals surface area contributed by atoms with Crippen molar-refractivity contribution in [2.24, 2.45) is 10.7 Å². The highest BCUT2D eigenvalue weighted by Gasteiger charge is 2.01. The third-order valence-corrected chi connectivity index (χ3v) is 3.95. The Kier molecular flexibility index (Phi) is 8.25.